The number of aryl methyl sites for hydroxylation is 2. The first-order chi connectivity index (χ1) is 14.7. The number of amides is 1. The molecule has 0 saturated carbocycles. The average molecular weight is 452 g/mol. The van der Waals surface area contributed by atoms with Crippen LogP contribution in [0.3, 0.4) is 0 Å². The summed E-state index contributed by atoms with van der Waals surface area (Å²) in [6.45, 7) is 2.17. The van der Waals surface area contributed by atoms with Crippen LogP contribution in [0, 0.1) is 13.8 Å². The molecule has 0 bridgehead atoms. The molecular weight excluding hydrogens is 428 g/mol. The van der Waals surface area contributed by atoms with Crippen molar-refractivity contribution in [3.05, 3.63) is 47.0 Å². The lowest BCUT2D eigenvalue weighted by atomic mass is 10.1. The number of methoxy groups -OCH3 is 1. The van der Waals surface area contributed by atoms with Crippen molar-refractivity contribution in [1.29, 1.82) is 0 Å². The minimum atomic E-state index is -4.29. The zero-order valence-corrected chi connectivity index (χ0v) is 18.1. The normalized spacial score (nSPS) is 13.9. The predicted octanol–water partition coefficient (Wildman–Crippen LogP) is 1.10. The molecule has 1 amide bonds. The number of aliphatic hydroxyl groups is 1. The Bertz CT molecular complexity index is 1060. The number of nitrogens with zero attached hydrogens (tertiary/aromatic N) is 1. The summed E-state index contributed by atoms with van der Waals surface area (Å²) in [4.78, 5) is 12.2. The maximum absolute atomic E-state index is 13.7. The second-order valence-corrected chi connectivity index (χ2v) is 8.83. The number of sulfonamides is 1. The molecule has 1 aliphatic heterocycles. The Morgan fingerprint density at radius 1 is 1.19 bits per heavy atom. The van der Waals surface area contributed by atoms with Gasteiger partial charge in [-0.25, -0.2) is 13.9 Å². The standard InChI is InChI=1S/C20H24N2O8S/c1-12-6-15(28-3)7-13(2)19(12)31(26,27)22(16(10-23)20(24)21-25)9-14-4-5-17-18(8-14)30-11-29-17/h4-8,16,23,25H,9-11H2,1-3H3,(H,21,24). The van der Waals surface area contributed by atoms with Gasteiger partial charge in [0.1, 0.15) is 11.8 Å². The van der Waals surface area contributed by atoms with Gasteiger partial charge < -0.3 is 19.3 Å². The number of rotatable bonds is 8. The summed E-state index contributed by atoms with van der Waals surface area (Å²) < 4.78 is 44.0. The van der Waals surface area contributed by atoms with Crippen LogP contribution < -0.4 is 19.7 Å². The molecule has 0 spiro atoms. The lowest BCUT2D eigenvalue weighted by Gasteiger charge is -2.29. The summed E-state index contributed by atoms with van der Waals surface area (Å²) in [6, 6.07) is 6.43. The third kappa shape index (κ3) is 4.44. The van der Waals surface area contributed by atoms with E-state index in [1.54, 1.807) is 44.2 Å². The number of hydrogen-bond acceptors (Lipinski definition) is 8. The number of carbonyl (C=O) groups is 1. The topological polar surface area (TPSA) is 135 Å². The third-order valence-corrected chi connectivity index (χ3v) is 7.11. The summed E-state index contributed by atoms with van der Waals surface area (Å²) in [6.07, 6.45) is 0. The monoisotopic (exact) mass is 452 g/mol. The molecule has 2 aromatic rings. The molecule has 1 aliphatic rings. The Morgan fingerprint density at radius 2 is 1.84 bits per heavy atom. The molecule has 3 N–H and O–H groups in total. The van der Waals surface area contributed by atoms with Crippen LogP contribution in [0.4, 0.5) is 0 Å². The van der Waals surface area contributed by atoms with Crippen LogP contribution in [-0.2, 0) is 21.4 Å². The largest absolute Gasteiger partial charge is 0.497 e. The number of ether oxygens (including phenoxy) is 3. The van der Waals surface area contributed by atoms with Crippen LogP contribution in [0.2, 0.25) is 0 Å². The highest BCUT2D eigenvalue weighted by Crippen LogP contribution is 2.34. The second kappa shape index (κ2) is 9.10. The highest BCUT2D eigenvalue weighted by molar-refractivity contribution is 7.89. The molecular formula is C20H24N2O8S. The lowest BCUT2D eigenvalue weighted by molar-refractivity contribution is -0.134. The van der Waals surface area contributed by atoms with E-state index < -0.39 is 28.6 Å². The van der Waals surface area contributed by atoms with E-state index in [0.29, 0.717) is 33.9 Å². The Morgan fingerprint density at radius 3 is 2.42 bits per heavy atom. The van der Waals surface area contributed by atoms with Gasteiger partial charge in [-0.3, -0.25) is 10.0 Å². The van der Waals surface area contributed by atoms with Crippen molar-refractivity contribution in [2.75, 3.05) is 20.5 Å². The highest BCUT2D eigenvalue weighted by Gasteiger charge is 2.37. The molecule has 0 saturated heterocycles. The highest BCUT2D eigenvalue weighted by atomic mass is 32.2. The molecule has 2 aromatic carbocycles. The summed E-state index contributed by atoms with van der Waals surface area (Å²) in [5, 5.41) is 18.9. The Hall–Kier alpha value is -2.86. The van der Waals surface area contributed by atoms with Gasteiger partial charge in [0.05, 0.1) is 18.6 Å². The number of carbonyl (C=O) groups excluding carboxylic acids is 1. The van der Waals surface area contributed by atoms with Gasteiger partial charge in [-0.1, -0.05) is 6.07 Å². The summed E-state index contributed by atoms with van der Waals surface area (Å²) in [5.74, 6) is 0.393. The first kappa shape index (κ1) is 22.8. The van der Waals surface area contributed by atoms with E-state index in [2.05, 4.69) is 0 Å². The van der Waals surface area contributed by atoms with Crippen LogP contribution in [0.5, 0.6) is 17.2 Å². The Labute approximate surface area is 180 Å². The molecule has 0 aromatic heterocycles. The van der Waals surface area contributed by atoms with E-state index in [1.165, 1.54) is 12.6 Å². The van der Waals surface area contributed by atoms with Gasteiger partial charge in [0.25, 0.3) is 5.91 Å². The van der Waals surface area contributed by atoms with Crippen LogP contribution in [0.25, 0.3) is 0 Å². The van der Waals surface area contributed by atoms with Crippen molar-refractivity contribution in [1.82, 2.24) is 9.79 Å². The zero-order valence-electron chi connectivity index (χ0n) is 17.3. The minimum absolute atomic E-state index is 0.0155. The van der Waals surface area contributed by atoms with E-state index >= 15 is 0 Å². The molecule has 0 aliphatic carbocycles. The number of hydroxylamine groups is 1. The maximum Gasteiger partial charge on any atom is 0.264 e. The van der Waals surface area contributed by atoms with Gasteiger partial charge in [-0.05, 0) is 54.8 Å². The number of fused-ring (bicyclic) bond motifs is 1. The summed E-state index contributed by atoms with van der Waals surface area (Å²) in [5.41, 5.74) is 2.75. The van der Waals surface area contributed by atoms with Crippen molar-refractivity contribution < 1.29 is 37.7 Å². The third-order valence-electron chi connectivity index (χ3n) is 4.95. The SMILES string of the molecule is COc1cc(C)c(S(=O)(=O)N(Cc2ccc3c(c2)OCO3)C(CO)C(=O)NO)c(C)c1. The minimum Gasteiger partial charge on any atom is -0.497 e. The molecule has 0 fully saturated rings. The van der Waals surface area contributed by atoms with Crippen molar-refractivity contribution in [2.24, 2.45) is 0 Å². The van der Waals surface area contributed by atoms with E-state index in [1.807, 2.05) is 0 Å². The number of benzene rings is 2. The van der Waals surface area contributed by atoms with E-state index in [4.69, 9.17) is 19.4 Å². The molecule has 0 radical (unpaired) electrons. The van der Waals surface area contributed by atoms with Crippen LogP contribution >= 0.6 is 0 Å². The second-order valence-electron chi connectivity index (χ2n) is 7.00. The molecule has 10 nitrogen and oxygen atoms in total. The molecule has 168 valence electrons. The van der Waals surface area contributed by atoms with Crippen molar-refractivity contribution in [3.8, 4) is 17.2 Å². The quantitative estimate of drug-likeness (QED) is 0.400. The Kier molecular flexibility index (Phi) is 6.70. The fourth-order valence-corrected chi connectivity index (χ4v) is 5.50. The van der Waals surface area contributed by atoms with Crippen LogP contribution in [-0.4, -0.2) is 55.5 Å². The van der Waals surface area contributed by atoms with Crippen molar-refractivity contribution in [2.45, 2.75) is 31.3 Å². The van der Waals surface area contributed by atoms with Gasteiger partial charge in [0.2, 0.25) is 16.8 Å². The maximum atomic E-state index is 13.7. The van der Waals surface area contributed by atoms with Gasteiger partial charge in [0.15, 0.2) is 11.5 Å². The van der Waals surface area contributed by atoms with E-state index in [9.17, 15) is 18.3 Å². The van der Waals surface area contributed by atoms with Crippen molar-refractivity contribution >= 4 is 15.9 Å². The van der Waals surface area contributed by atoms with E-state index in [0.717, 1.165) is 4.31 Å². The lowest BCUT2D eigenvalue weighted by Crippen LogP contribution is -2.50. The van der Waals surface area contributed by atoms with Crippen LogP contribution in [0.15, 0.2) is 35.2 Å². The fourth-order valence-electron chi connectivity index (χ4n) is 3.51. The fraction of sp³-hybridized carbons (Fsp3) is 0.350. The summed E-state index contributed by atoms with van der Waals surface area (Å²) >= 11 is 0. The summed E-state index contributed by atoms with van der Waals surface area (Å²) in [7, 11) is -2.82. The first-order valence-corrected chi connectivity index (χ1v) is 10.8. The van der Waals surface area contributed by atoms with Gasteiger partial charge in [-0.2, -0.15) is 4.31 Å². The number of aliphatic hydroxyl groups excluding tert-OH is 1. The number of nitrogens with one attached hydrogen (secondary N) is 1. The van der Waals surface area contributed by atoms with Gasteiger partial charge in [-0.15, -0.1) is 0 Å². The first-order valence-electron chi connectivity index (χ1n) is 9.33. The molecule has 3 rings (SSSR count). The molecule has 1 atom stereocenters. The predicted molar refractivity (Wildman–Crippen MR) is 109 cm³/mol. The zero-order chi connectivity index (χ0) is 22.8. The number of hydrogen-bond donors (Lipinski definition) is 3. The van der Waals surface area contributed by atoms with Gasteiger partial charge in [0, 0.05) is 6.54 Å². The van der Waals surface area contributed by atoms with Crippen molar-refractivity contribution in [3.63, 3.8) is 0 Å². The van der Waals surface area contributed by atoms with Crippen LogP contribution in [0.1, 0.15) is 16.7 Å². The molecule has 1 heterocycles. The van der Waals surface area contributed by atoms with Gasteiger partial charge >= 0.3 is 0 Å². The average Bonchev–Trinajstić information content (AvgIpc) is 3.20. The van der Waals surface area contributed by atoms with E-state index in [-0.39, 0.29) is 18.2 Å². The molecule has 31 heavy (non-hydrogen) atoms. The molecule has 1 unspecified atom stereocenters. The smallest absolute Gasteiger partial charge is 0.264 e. The Balaban J connectivity index is 2.10. The molecule has 11 heteroatoms.